The second-order valence-electron chi connectivity index (χ2n) is 8.01. The number of benzene rings is 1. The molecule has 0 aliphatic carbocycles. The summed E-state index contributed by atoms with van der Waals surface area (Å²) in [6, 6.07) is 7.74. The van der Waals surface area contributed by atoms with E-state index in [1.807, 2.05) is 45.0 Å². The van der Waals surface area contributed by atoms with Crippen LogP contribution in [-0.4, -0.2) is 60.9 Å². The molecular formula is C23H30N4O5. The lowest BCUT2D eigenvalue weighted by atomic mass is 10.1. The van der Waals surface area contributed by atoms with Gasteiger partial charge in [0.05, 0.1) is 25.9 Å². The second-order valence-corrected chi connectivity index (χ2v) is 8.01. The fourth-order valence-electron chi connectivity index (χ4n) is 3.45. The highest BCUT2D eigenvalue weighted by molar-refractivity contribution is 5.92. The lowest BCUT2D eigenvalue weighted by molar-refractivity contribution is 0.127. The minimum Gasteiger partial charge on any atom is -0.487 e. The van der Waals surface area contributed by atoms with Crippen LogP contribution in [0.4, 0.5) is 11.6 Å². The van der Waals surface area contributed by atoms with E-state index in [9.17, 15) is 0 Å². The molecule has 2 aromatic heterocycles. The van der Waals surface area contributed by atoms with Crippen molar-refractivity contribution in [1.29, 1.82) is 0 Å². The molecule has 0 amide bonds. The van der Waals surface area contributed by atoms with Gasteiger partial charge in [0.2, 0.25) is 5.88 Å². The number of aromatic amines is 1. The van der Waals surface area contributed by atoms with E-state index in [0.29, 0.717) is 55.4 Å². The molecule has 3 heterocycles. The monoisotopic (exact) mass is 442 g/mol. The predicted octanol–water partition coefficient (Wildman–Crippen LogP) is 3.99. The molecule has 4 rings (SSSR count). The quantitative estimate of drug-likeness (QED) is 0.455. The van der Waals surface area contributed by atoms with Crippen LogP contribution in [0.5, 0.6) is 17.4 Å². The number of hydrogen-bond acceptors (Lipinski definition) is 8. The number of H-pyrrole nitrogens is 1. The highest BCUT2D eigenvalue weighted by Crippen LogP contribution is 2.38. The third-order valence-electron chi connectivity index (χ3n) is 4.90. The summed E-state index contributed by atoms with van der Waals surface area (Å²) in [6.45, 7) is 8.04. The minimum atomic E-state index is -0.0435. The number of nitrogens with one attached hydrogen (secondary N) is 2. The molecule has 1 atom stereocenters. The van der Waals surface area contributed by atoms with Gasteiger partial charge in [-0.05, 0) is 44.4 Å². The maximum Gasteiger partial charge on any atom is 0.223 e. The summed E-state index contributed by atoms with van der Waals surface area (Å²) in [6.07, 6.45) is 0.798. The van der Waals surface area contributed by atoms with Crippen molar-refractivity contribution in [3.8, 4) is 17.4 Å². The fraction of sp³-hybridized carbons (Fsp3) is 0.478. The van der Waals surface area contributed by atoms with Crippen molar-refractivity contribution in [3.63, 3.8) is 0 Å². The molecule has 3 aromatic rings. The van der Waals surface area contributed by atoms with Crippen molar-refractivity contribution in [2.24, 2.45) is 0 Å². The molecule has 9 nitrogen and oxygen atoms in total. The van der Waals surface area contributed by atoms with E-state index < -0.39 is 0 Å². The zero-order valence-electron chi connectivity index (χ0n) is 18.9. The maximum atomic E-state index is 6.24. The molecule has 0 bridgehead atoms. The summed E-state index contributed by atoms with van der Waals surface area (Å²) in [4.78, 5) is 4.69. The molecule has 1 fully saturated rings. The molecule has 1 aliphatic rings. The first-order valence-electron chi connectivity index (χ1n) is 10.8. The number of ether oxygens (including phenoxy) is 5. The Morgan fingerprint density at radius 1 is 1.16 bits per heavy atom. The van der Waals surface area contributed by atoms with Gasteiger partial charge < -0.3 is 29.0 Å². The summed E-state index contributed by atoms with van der Waals surface area (Å²) in [5.41, 5.74) is 0.958. The Morgan fingerprint density at radius 2 is 2.03 bits per heavy atom. The molecule has 0 saturated carbocycles. The normalized spacial score (nSPS) is 16.0. The largest absolute Gasteiger partial charge is 0.487 e. The van der Waals surface area contributed by atoms with Crippen molar-refractivity contribution in [3.05, 3.63) is 30.0 Å². The van der Waals surface area contributed by atoms with Crippen molar-refractivity contribution in [1.82, 2.24) is 15.2 Å². The summed E-state index contributed by atoms with van der Waals surface area (Å²) >= 11 is 0. The number of nitrogens with zero attached hydrogens (tertiary/aromatic N) is 2. The smallest absolute Gasteiger partial charge is 0.223 e. The molecule has 1 unspecified atom stereocenters. The lowest BCUT2D eigenvalue weighted by Gasteiger charge is -2.19. The molecule has 9 heteroatoms. The summed E-state index contributed by atoms with van der Waals surface area (Å²) < 4.78 is 28.9. The van der Waals surface area contributed by atoms with Gasteiger partial charge in [-0.15, -0.1) is 0 Å². The molecule has 2 N–H and O–H groups in total. The van der Waals surface area contributed by atoms with Gasteiger partial charge >= 0.3 is 0 Å². The molecule has 1 aromatic carbocycles. The Kier molecular flexibility index (Phi) is 6.96. The standard InChI is InChI=1S/C23H30N4O5/c1-14(2)31-23-18-12-19(30-8-7-28-4)20(32-17-5-6-29-13-17)10-16(18)11-21(25-23)24-22-9-15(3)26-27-22/h9-12,14,17H,5-8,13H2,1-4H3,(H2,24,25,26,27). The minimum absolute atomic E-state index is 0.00456. The number of methoxy groups -OCH3 is 1. The van der Waals surface area contributed by atoms with E-state index in [1.165, 1.54) is 0 Å². The second kappa shape index (κ2) is 10.1. The summed E-state index contributed by atoms with van der Waals surface area (Å²) in [5, 5.41) is 12.2. The molecule has 0 spiro atoms. The third-order valence-corrected chi connectivity index (χ3v) is 4.90. The molecular weight excluding hydrogens is 412 g/mol. The highest BCUT2D eigenvalue weighted by Gasteiger charge is 2.21. The van der Waals surface area contributed by atoms with Crippen LogP contribution in [0.2, 0.25) is 0 Å². The number of rotatable bonds is 10. The van der Waals surface area contributed by atoms with Gasteiger partial charge in [0.15, 0.2) is 17.3 Å². The highest BCUT2D eigenvalue weighted by atomic mass is 16.6. The SMILES string of the molecule is COCCOc1cc2c(OC(C)C)nc(Nc3cc(C)[nH]n3)cc2cc1OC1CCOC1. The number of aromatic nitrogens is 3. The first-order chi connectivity index (χ1) is 15.5. The molecule has 32 heavy (non-hydrogen) atoms. The van der Waals surface area contributed by atoms with Gasteiger partial charge in [-0.3, -0.25) is 5.10 Å². The topological polar surface area (TPSA) is 99.8 Å². The Bertz CT molecular complexity index is 1050. The van der Waals surface area contributed by atoms with E-state index in [-0.39, 0.29) is 12.2 Å². The van der Waals surface area contributed by atoms with Crippen LogP contribution in [0.3, 0.4) is 0 Å². The lowest BCUT2D eigenvalue weighted by Crippen LogP contribution is -2.17. The molecule has 1 aliphatic heterocycles. The van der Waals surface area contributed by atoms with Gasteiger partial charge in [-0.25, -0.2) is 0 Å². The Hall–Kier alpha value is -3.04. The van der Waals surface area contributed by atoms with Crippen molar-refractivity contribution >= 4 is 22.4 Å². The van der Waals surface area contributed by atoms with Gasteiger partial charge in [0.1, 0.15) is 18.5 Å². The van der Waals surface area contributed by atoms with Crippen LogP contribution < -0.4 is 19.5 Å². The number of fused-ring (bicyclic) bond motifs is 1. The first kappa shape index (κ1) is 22.2. The van der Waals surface area contributed by atoms with E-state index in [0.717, 1.165) is 22.9 Å². The van der Waals surface area contributed by atoms with Gasteiger partial charge in [0.25, 0.3) is 0 Å². The van der Waals surface area contributed by atoms with Crippen LogP contribution in [0.1, 0.15) is 26.0 Å². The van der Waals surface area contributed by atoms with Crippen LogP contribution in [-0.2, 0) is 9.47 Å². The molecule has 1 saturated heterocycles. The van der Waals surface area contributed by atoms with Gasteiger partial charge in [0, 0.05) is 30.7 Å². The van der Waals surface area contributed by atoms with Crippen LogP contribution >= 0.6 is 0 Å². The van der Waals surface area contributed by atoms with Crippen molar-refractivity contribution in [2.75, 3.05) is 38.9 Å². The number of anilines is 2. The Morgan fingerprint density at radius 3 is 2.72 bits per heavy atom. The van der Waals surface area contributed by atoms with E-state index in [1.54, 1.807) is 7.11 Å². The van der Waals surface area contributed by atoms with Crippen LogP contribution in [0.25, 0.3) is 10.8 Å². The molecule has 0 radical (unpaired) electrons. The Balaban J connectivity index is 1.74. The zero-order chi connectivity index (χ0) is 22.5. The number of hydrogen-bond donors (Lipinski definition) is 2. The number of aryl methyl sites for hydroxylation is 1. The van der Waals surface area contributed by atoms with Crippen LogP contribution in [0, 0.1) is 6.92 Å². The van der Waals surface area contributed by atoms with E-state index in [2.05, 4.69) is 20.5 Å². The van der Waals surface area contributed by atoms with E-state index in [4.69, 9.17) is 23.7 Å². The average Bonchev–Trinajstić information content (AvgIpc) is 3.40. The Labute approximate surface area is 187 Å². The van der Waals surface area contributed by atoms with Gasteiger partial charge in [-0.1, -0.05) is 0 Å². The molecule has 172 valence electrons. The summed E-state index contributed by atoms with van der Waals surface area (Å²) in [5.74, 6) is 3.11. The summed E-state index contributed by atoms with van der Waals surface area (Å²) in [7, 11) is 1.64. The van der Waals surface area contributed by atoms with E-state index >= 15 is 0 Å². The average molecular weight is 443 g/mol. The van der Waals surface area contributed by atoms with Crippen molar-refractivity contribution in [2.45, 2.75) is 39.4 Å². The third kappa shape index (κ3) is 5.41. The predicted molar refractivity (Wildman–Crippen MR) is 121 cm³/mol. The van der Waals surface area contributed by atoms with Crippen LogP contribution in [0.15, 0.2) is 24.3 Å². The van der Waals surface area contributed by atoms with Crippen molar-refractivity contribution < 1.29 is 23.7 Å². The first-order valence-corrected chi connectivity index (χ1v) is 10.8. The number of pyridine rings is 1. The fourth-order valence-corrected chi connectivity index (χ4v) is 3.45. The van der Waals surface area contributed by atoms with Gasteiger partial charge in [-0.2, -0.15) is 10.1 Å². The maximum absolute atomic E-state index is 6.24. The zero-order valence-corrected chi connectivity index (χ0v) is 18.9.